The van der Waals surface area contributed by atoms with Gasteiger partial charge in [-0.25, -0.2) is 0 Å². The molecular weight excluding hydrogens is 491 g/mol. The summed E-state index contributed by atoms with van der Waals surface area (Å²) in [6.07, 6.45) is 0. The SMILES string of the molecule is Clc1cc(Cl)c(Cl)c(C(c2ccc(N3CCOCC3)cc2)c2ccc(N3CCOCC3)cc2)c1. The molecule has 0 bridgehead atoms. The Bertz CT molecular complexity index is 1050. The molecule has 0 unspecified atom stereocenters. The molecule has 34 heavy (non-hydrogen) atoms. The molecule has 2 saturated heterocycles. The van der Waals surface area contributed by atoms with Crippen molar-refractivity contribution < 1.29 is 9.47 Å². The third kappa shape index (κ3) is 5.17. The minimum absolute atomic E-state index is 0.0961. The number of hydrogen-bond donors (Lipinski definition) is 0. The molecule has 3 aromatic rings. The molecule has 0 aromatic heterocycles. The summed E-state index contributed by atoms with van der Waals surface area (Å²) < 4.78 is 11.0. The summed E-state index contributed by atoms with van der Waals surface area (Å²) in [7, 11) is 0. The monoisotopic (exact) mass is 516 g/mol. The van der Waals surface area contributed by atoms with Gasteiger partial charge in [-0.2, -0.15) is 0 Å². The van der Waals surface area contributed by atoms with Crippen molar-refractivity contribution >= 4 is 46.2 Å². The summed E-state index contributed by atoms with van der Waals surface area (Å²) in [6.45, 7) is 6.66. The quantitative estimate of drug-likeness (QED) is 0.285. The van der Waals surface area contributed by atoms with Crippen LogP contribution in [0.3, 0.4) is 0 Å². The molecule has 0 aliphatic carbocycles. The van der Waals surface area contributed by atoms with E-state index in [9.17, 15) is 0 Å². The predicted octanol–water partition coefficient (Wildman–Crippen LogP) is 6.50. The van der Waals surface area contributed by atoms with Gasteiger partial charge in [-0.05, 0) is 53.1 Å². The average Bonchev–Trinajstić information content (AvgIpc) is 2.89. The number of morpholine rings is 2. The van der Waals surface area contributed by atoms with E-state index in [1.807, 2.05) is 6.07 Å². The molecule has 0 N–H and O–H groups in total. The Morgan fingerprint density at radius 3 is 1.50 bits per heavy atom. The van der Waals surface area contributed by atoms with E-state index in [1.165, 1.54) is 11.4 Å². The second-order valence-corrected chi connectivity index (χ2v) is 9.83. The Kier molecular flexibility index (Phi) is 7.52. The van der Waals surface area contributed by atoms with Crippen molar-refractivity contribution in [3.8, 4) is 0 Å². The molecule has 4 nitrogen and oxygen atoms in total. The summed E-state index contributed by atoms with van der Waals surface area (Å²) in [5.74, 6) is -0.0961. The van der Waals surface area contributed by atoms with Gasteiger partial charge in [0.15, 0.2) is 0 Å². The molecule has 3 aromatic carbocycles. The summed E-state index contributed by atoms with van der Waals surface area (Å²) in [4.78, 5) is 4.70. The first-order valence-electron chi connectivity index (χ1n) is 11.6. The van der Waals surface area contributed by atoms with E-state index in [0.29, 0.717) is 15.1 Å². The molecule has 2 aliphatic heterocycles. The van der Waals surface area contributed by atoms with Crippen LogP contribution in [0.5, 0.6) is 0 Å². The van der Waals surface area contributed by atoms with Crippen LogP contribution in [0.25, 0.3) is 0 Å². The zero-order chi connectivity index (χ0) is 23.5. The fraction of sp³-hybridized carbons (Fsp3) is 0.333. The lowest BCUT2D eigenvalue weighted by molar-refractivity contribution is 0.122. The first-order valence-corrected chi connectivity index (χ1v) is 12.7. The summed E-state index contributed by atoms with van der Waals surface area (Å²) in [5.41, 5.74) is 5.57. The van der Waals surface area contributed by atoms with E-state index in [4.69, 9.17) is 44.3 Å². The van der Waals surface area contributed by atoms with Gasteiger partial charge >= 0.3 is 0 Å². The molecule has 0 amide bonds. The highest BCUT2D eigenvalue weighted by Gasteiger charge is 2.23. The van der Waals surface area contributed by atoms with Gasteiger partial charge in [0.1, 0.15) is 0 Å². The first kappa shape index (κ1) is 23.8. The number of halogens is 3. The molecular formula is C27H27Cl3N2O2. The van der Waals surface area contributed by atoms with Crippen molar-refractivity contribution in [3.63, 3.8) is 0 Å². The maximum absolute atomic E-state index is 6.73. The van der Waals surface area contributed by atoms with Crippen LogP contribution in [-0.2, 0) is 9.47 Å². The highest BCUT2D eigenvalue weighted by Crippen LogP contribution is 2.41. The van der Waals surface area contributed by atoms with Gasteiger partial charge in [-0.15, -0.1) is 0 Å². The van der Waals surface area contributed by atoms with Crippen LogP contribution in [0, 0.1) is 0 Å². The number of anilines is 2. The second kappa shape index (κ2) is 10.8. The van der Waals surface area contributed by atoms with Crippen molar-refractivity contribution in [2.45, 2.75) is 5.92 Å². The fourth-order valence-corrected chi connectivity index (χ4v) is 5.46. The van der Waals surface area contributed by atoms with Gasteiger partial charge < -0.3 is 19.3 Å². The maximum Gasteiger partial charge on any atom is 0.0642 e. The molecule has 2 fully saturated rings. The lowest BCUT2D eigenvalue weighted by atomic mass is 9.85. The molecule has 0 radical (unpaired) electrons. The number of rotatable bonds is 5. The van der Waals surface area contributed by atoms with Crippen LogP contribution >= 0.6 is 34.8 Å². The fourth-order valence-electron chi connectivity index (χ4n) is 4.74. The van der Waals surface area contributed by atoms with Crippen molar-refractivity contribution in [1.29, 1.82) is 0 Å². The average molecular weight is 518 g/mol. The molecule has 0 atom stereocenters. The van der Waals surface area contributed by atoms with E-state index < -0.39 is 0 Å². The Labute approximate surface area is 215 Å². The zero-order valence-electron chi connectivity index (χ0n) is 18.9. The minimum atomic E-state index is -0.0961. The van der Waals surface area contributed by atoms with Gasteiger partial charge in [-0.3, -0.25) is 0 Å². The van der Waals surface area contributed by atoms with Crippen LogP contribution in [-0.4, -0.2) is 52.6 Å². The van der Waals surface area contributed by atoms with Gasteiger partial charge in [0, 0.05) is 48.5 Å². The second-order valence-electron chi connectivity index (χ2n) is 8.61. The Morgan fingerprint density at radius 2 is 1.06 bits per heavy atom. The van der Waals surface area contributed by atoms with Gasteiger partial charge in [0.25, 0.3) is 0 Å². The molecule has 7 heteroatoms. The van der Waals surface area contributed by atoms with Crippen LogP contribution in [0.1, 0.15) is 22.6 Å². The first-order chi connectivity index (χ1) is 16.6. The smallest absolute Gasteiger partial charge is 0.0642 e. The molecule has 2 aliphatic rings. The number of ether oxygens (including phenoxy) is 2. The highest BCUT2D eigenvalue weighted by molar-refractivity contribution is 6.43. The topological polar surface area (TPSA) is 24.9 Å². The molecule has 0 spiro atoms. The van der Waals surface area contributed by atoms with Gasteiger partial charge in [-0.1, -0.05) is 59.1 Å². The van der Waals surface area contributed by atoms with Gasteiger partial charge in [0.05, 0.1) is 36.5 Å². The third-order valence-electron chi connectivity index (χ3n) is 6.54. The standard InChI is InChI=1S/C27H27Cl3N2O2/c28-21-17-24(27(30)25(29)18-21)26(19-1-5-22(6-2-19)31-9-13-33-14-10-31)20-3-7-23(8-4-20)32-11-15-34-16-12-32/h1-8,17-18,26H,9-16H2. The summed E-state index contributed by atoms with van der Waals surface area (Å²) in [6, 6.07) is 21.0. The minimum Gasteiger partial charge on any atom is -0.378 e. The van der Waals surface area contributed by atoms with Crippen LogP contribution in [0.4, 0.5) is 11.4 Å². The lowest BCUT2D eigenvalue weighted by Crippen LogP contribution is -2.36. The van der Waals surface area contributed by atoms with Crippen LogP contribution in [0.15, 0.2) is 60.7 Å². The Morgan fingerprint density at radius 1 is 0.618 bits per heavy atom. The van der Waals surface area contributed by atoms with E-state index in [2.05, 4.69) is 58.3 Å². The number of hydrogen-bond acceptors (Lipinski definition) is 4. The largest absolute Gasteiger partial charge is 0.378 e. The van der Waals surface area contributed by atoms with Crippen molar-refractivity contribution in [2.75, 3.05) is 62.4 Å². The van der Waals surface area contributed by atoms with Crippen molar-refractivity contribution in [1.82, 2.24) is 0 Å². The summed E-state index contributed by atoms with van der Waals surface area (Å²) in [5, 5.41) is 1.57. The normalized spacial score (nSPS) is 16.8. The van der Waals surface area contributed by atoms with Crippen molar-refractivity contribution in [3.05, 3.63) is 92.4 Å². The third-order valence-corrected chi connectivity index (χ3v) is 7.57. The Hall–Kier alpha value is -1.95. The summed E-state index contributed by atoms with van der Waals surface area (Å²) >= 11 is 19.6. The molecule has 5 rings (SSSR count). The molecule has 2 heterocycles. The molecule has 0 saturated carbocycles. The maximum atomic E-state index is 6.73. The molecule has 178 valence electrons. The van der Waals surface area contributed by atoms with E-state index >= 15 is 0 Å². The highest BCUT2D eigenvalue weighted by atomic mass is 35.5. The van der Waals surface area contributed by atoms with Crippen LogP contribution < -0.4 is 9.80 Å². The van der Waals surface area contributed by atoms with E-state index in [-0.39, 0.29) is 5.92 Å². The van der Waals surface area contributed by atoms with Crippen LogP contribution in [0.2, 0.25) is 15.1 Å². The zero-order valence-corrected chi connectivity index (χ0v) is 21.1. The van der Waals surface area contributed by atoms with E-state index in [1.54, 1.807) is 6.07 Å². The van der Waals surface area contributed by atoms with Gasteiger partial charge in [0.2, 0.25) is 0 Å². The lowest BCUT2D eigenvalue weighted by Gasteiger charge is -2.30. The number of nitrogens with zero attached hydrogens (tertiary/aromatic N) is 2. The van der Waals surface area contributed by atoms with E-state index in [0.717, 1.165) is 69.3 Å². The number of benzene rings is 3. The predicted molar refractivity (Wildman–Crippen MR) is 141 cm³/mol. The van der Waals surface area contributed by atoms with Crippen molar-refractivity contribution in [2.24, 2.45) is 0 Å². The Balaban J connectivity index is 1.51.